The molecule has 1 aromatic heterocycles. The van der Waals surface area contributed by atoms with Crippen molar-refractivity contribution in [3.8, 4) is 0 Å². The van der Waals surface area contributed by atoms with Crippen molar-refractivity contribution in [1.29, 1.82) is 0 Å². The van der Waals surface area contributed by atoms with Crippen LogP contribution in [0.4, 0.5) is 0 Å². The Morgan fingerprint density at radius 1 is 1.29 bits per heavy atom. The largest absolute Gasteiger partial charge is 0.376 e. The molecule has 6 nitrogen and oxygen atoms in total. The summed E-state index contributed by atoms with van der Waals surface area (Å²) in [7, 11) is 0. The summed E-state index contributed by atoms with van der Waals surface area (Å²) in [6, 6.07) is 0. The monoisotopic (exact) mass is 238 g/mol. The summed E-state index contributed by atoms with van der Waals surface area (Å²) in [5, 5.41) is 3.88. The standard InChI is InChI=1S/C11H14N2O4/c14-8-3-1-2-7(8)11-12-10(13-17-11)9-6-15-4-5-16-9/h7,9H,1-6H2. The second-order valence-corrected chi connectivity index (χ2v) is 4.34. The molecule has 3 rings (SSSR count). The van der Waals surface area contributed by atoms with Crippen LogP contribution in [0.2, 0.25) is 0 Å². The van der Waals surface area contributed by atoms with Crippen molar-refractivity contribution >= 4 is 5.78 Å². The minimum absolute atomic E-state index is 0.195. The van der Waals surface area contributed by atoms with Crippen molar-refractivity contribution in [2.45, 2.75) is 31.3 Å². The number of carbonyl (C=O) groups excluding carboxylic acids is 1. The quantitative estimate of drug-likeness (QED) is 0.765. The lowest BCUT2D eigenvalue weighted by atomic mass is 10.1. The highest BCUT2D eigenvalue weighted by Crippen LogP contribution is 2.31. The summed E-state index contributed by atoms with van der Waals surface area (Å²) in [6.07, 6.45) is 2.07. The van der Waals surface area contributed by atoms with Crippen LogP contribution in [-0.4, -0.2) is 35.7 Å². The third kappa shape index (κ3) is 2.10. The van der Waals surface area contributed by atoms with Crippen LogP contribution in [0.5, 0.6) is 0 Å². The van der Waals surface area contributed by atoms with E-state index in [-0.39, 0.29) is 17.8 Å². The summed E-state index contributed by atoms with van der Waals surface area (Å²) >= 11 is 0. The van der Waals surface area contributed by atoms with Gasteiger partial charge >= 0.3 is 0 Å². The van der Waals surface area contributed by atoms with Crippen molar-refractivity contribution in [3.05, 3.63) is 11.7 Å². The number of hydrogen-bond donors (Lipinski definition) is 0. The maximum absolute atomic E-state index is 11.6. The van der Waals surface area contributed by atoms with Gasteiger partial charge in [-0.2, -0.15) is 4.98 Å². The first-order valence-corrected chi connectivity index (χ1v) is 5.90. The molecule has 6 heteroatoms. The highest BCUT2D eigenvalue weighted by atomic mass is 16.6. The SMILES string of the molecule is O=C1CCCC1c1nc(C2COCCO2)no1. The average molecular weight is 238 g/mol. The van der Waals surface area contributed by atoms with Gasteiger partial charge in [-0.25, -0.2) is 0 Å². The van der Waals surface area contributed by atoms with E-state index in [1.165, 1.54) is 0 Å². The van der Waals surface area contributed by atoms with Crippen LogP contribution in [0.15, 0.2) is 4.52 Å². The van der Waals surface area contributed by atoms with E-state index in [1.54, 1.807) is 0 Å². The Labute approximate surface area is 98.3 Å². The topological polar surface area (TPSA) is 74.5 Å². The van der Waals surface area contributed by atoms with Crippen molar-refractivity contribution in [1.82, 2.24) is 10.1 Å². The lowest BCUT2D eigenvalue weighted by Crippen LogP contribution is -2.22. The number of hydrogen-bond acceptors (Lipinski definition) is 6. The third-order valence-corrected chi connectivity index (χ3v) is 3.16. The zero-order valence-corrected chi connectivity index (χ0v) is 9.42. The van der Waals surface area contributed by atoms with Gasteiger partial charge in [-0.15, -0.1) is 0 Å². The maximum atomic E-state index is 11.6. The summed E-state index contributed by atoms with van der Waals surface area (Å²) in [5.41, 5.74) is 0. The van der Waals surface area contributed by atoms with Crippen LogP contribution in [0, 0.1) is 0 Å². The van der Waals surface area contributed by atoms with Crippen LogP contribution < -0.4 is 0 Å². The molecule has 0 radical (unpaired) electrons. The molecule has 2 atom stereocenters. The number of carbonyl (C=O) groups is 1. The summed E-state index contributed by atoms with van der Waals surface area (Å²) in [6.45, 7) is 1.58. The van der Waals surface area contributed by atoms with Crippen molar-refractivity contribution in [2.75, 3.05) is 19.8 Å². The van der Waals surface area contributed by atoms with Crippen LogP contribution in [0.3, 0.4) is 0 Å². The van der Waals surface area contributed by atoms with Crippen LogP contribution in [-0.2, 0) is 14.3 Å². The van der Waals surface area contributed by atoms with E-state index in [4.69, 9.17) is 14.0 Å². The normalized spacial score (nSPS) is 29.8. The molecule has 2 unspecified atom stereocenters. The Morgan fingerprint density at radius 3 is 2.94 bits per heavy atom. The van der Waals surface area contributed by atoms with Gasteiger partial charge in [0.25, 0.3) is 0 Å². The first kappa shape index (κ1) is 10.9. The lowest BCUT2D eigenvalue weighted by molar-refractivity contribution is -0.119. The van der Waals surface area contributed by atoms with Gasteiger partial charge in [-0.3, -0.25) is 4.79 Å². The Kier molecular flexibility index (Phi) is 2.90. The molecule has 1 aliphatic carbocycles. The molecular formula is C11H14N2O4. The number of nitrogens with zero attached hydrogens (tertiary/aromatic N) is 2. The predicted octanol–water partition coefficient (Wildman–Crippen LogP) is 0.994. The number of Topliss-reactive ketones (excluding diaryl/α,β-unsaturated/α-hetero) is 1. The first-order valence-electron chi connectivity index (χ1n) is 5.90. The Hall–Kier alpha value is -1.27. The molecule has 0 aromatic carbocycles. The fraction of sp³-hybridized carbons (Fsp3) is 0.727. The van der Waals surface area contributed by atoms with Gasteiger partial charge < -0.3 is 14.0 Å². The van der Waals surface area contributed by atoms with Crippen LogP contribution in [0.25, 0.3) is 0 Å². The van der Waals surface area contributed by atoms with Gasteiger partial charge in [0.05, 0.1) is 25.7 Å². The minimum Gasteiger partial charge on any atom is -0.376 e. The summed E-state index contributed by atoms with van der Waals surface area (Å²) in [4.78, 5) is 15.8. The van der Waals surface area contributed by atoms with Gasteiger partial charge in [0.2, 0.25) is 11.7 Å². The first-order chi connectivity index (χ1) is 8.34. The van der Waals surface area contributed by atoms with Gasteiger partial charge in [0.1, 0.15) is 11.9 Å². The molecule has 1 aliphatic heterocycles. The Morgan fingerprint density at radius 2 is 2.24 bits per heavy atom. The van der Waals surface area contributed by atoms with Crippen molar-refractivity contribution < 1.29 is 18.8 Å². The Bertz CT molecular complexity index is 411. The molecular weight excluding hydrogens is 224 g/mol. The van der Waals surface area contributed by atoms with E-state index < -0.39 is 0 Å². The number of aromatic nitrogens is 2. The maximum Gasteiger partial charge on any atom is 0.237 e. The van der Waals surface area contributed by atoms with E-state index >= 15 is 0 Å². The lowest BCUT2D eigenvalue weighted by Gasteiger charge is -2.19. The van der Waals surface area contributed by atoms with Crippen LogP contribution >= 0.6 is 0 Å². The Balaban J connectivity index is 1.75. The summed E-state index contributed by atoms with van der Waals surface area (Å²) < 4.78 is 15.9. The second-order valence-electron chi connectivity index (χ2n) is 4.34. The highest BCUT2D eigenvalue weighted by Gasteiger charge is 2.32. The molecule has 2 fully saturated rings. The van der Waals surface area contributed by atoms with Crippen LogP contribution in [0.1, 0.15) is 43.0 Å². The van der Waals surface area contributed by atoms with E-state index in [1.807, 2.05) is 0 Å². The molecule has 0 N–H and O–H groups in total. The van der Waals surface area contributed by atoms with Crippen molar-refractivity contribution in [3.63, 3.8) is 0 Å². The van der Waals surface area contributed by atoms with Gasteiger partial charge in [-0.1, -0.05) is 5.16 Å². The number of rotatable bonds is 2. The number of ether oxygens (including phenoxy) is 2. The number of ketones is 1. The molecule has 1 aromatic rings. The van der Waals surface area contributed by atoms with E-state index in [0.717, 1.165) is 12.8 Å². The van der Waals surface area contributed by atoms with Gasteiger partial charge in [0, 0.05) is 6.42 Å². The predicted molar refractivity (Wildman–Crippen MR) is 55.4 cm³/mol. The van der Waals surface area contributed by atoms with Gasteiger partial charge in [-0.05, 0) is 12.8 Å². The minimum atomic E-state index is -0.266. The molecule has 0 amide bonds. The molecule has 0 spiro atoms. The second kappa shape index (κ2) is 4.54. The average Bonchev–Trinajstić information content (AvgIpc) is 2.98. The third-order valence-electron chi connectivity index (χ3n) is 3.16. The van der Waals surface area contributed by atoms with E-state index in [2.05, 4.69) is 10.1 Å². The molecule has 1 saturated heterocycles. The van der Waals surface area contributed by atoms with Crippen molar-refractivity contribution in [2.24, 2.45) is 0 Å². The van der Waals surface area contributed by atoms with E-state index in [9.17, 15) is 4.79 Å². The zero-order chi connectivity index (χ0) is 11.7. The summed E-state index contributed by atoms with van der Waals surface area (Å²) in [5.74, 6) is 0.901. The molecule has 0 bridgehead atoms. The van der Waals surface area contributed by atoms with E-state index in [0.29, 0.717) is 38.0 Å². The zero-order valence-electron chi connectivity index (χ0n) is 9.42. The smallest absolute Gasteiger partial charge is 0.237 e. The molecule has 2 aliphatic rings. The molecule has 17 heavy (non-hydrogen) atoms. The fourth-order valence-corrected chi connectivity index (χ4v) is 2.23. The molecule has 1 saturated carbocycles. The molecule has 2 heterocycles. The highest BCUT2D eigenvalue weighted by molar-refractivity contribution is 5.86. The fourth-order valence-electron chi connectivity index (χ4n) is 2.23. The molecule has 92 valence electrons. The van der Waals surface area contributed by atoms with Gasteiger partial charge in [0.15, 0.2) is 0 Å².